The van der Waals surface area contributed by atoms with E-state index in [1.165, 1.54) is 65.6 Å². The van der Waals surface area contributed by atoms with Crippen LogP contribution in [0.2, 0.25) is 0 Å². The van der Waals surface area contributed by atoms with Gasteiger partial charge in [-0.2, -0.15) is 0 Å². The van der Waals surface area contributed by atoms with E-state index < -0.39 is 27.0 Å². The molecule has 1 fully saturated rings. The molecular formula is C25H17N5O6S3. The summed E-state index contributed by atoms with van der Waals surface area (Å²) in [5.74, 6) is -1.01. The van der Waals surface area contributed by atoms with Crippen molar-refractivity contribution in [3.8, 4) is 0 Å². The third-order valence-electron chi connectivity index (χ3n) is 5.49. The second-order valence-electron chi connectivity index (χ2n) is 8.13. The summed E-state index contributed by atoms with van der Waals surface area (Å²) in [5.41, 5.74) is 4.04. The number of non-ortho nitro benzene ring substituents is 2. The molecule has 1 atom stereocenters. The van der Waals surface area contributed by atoms with Crippen LogP contribution in [0.15, 0.2) is 82.0 Å². The molecule has 5 rings (SSSR count). The summed E-state index contributed by atoms with van der Waals surface area (Å²) in [5, 5.41) is 22.8. The van der Waals surface area contributed by atoms with Crippen LogP contribution in [0.25, 0.3) is 16.3 Å². The number of para-hydroxylation sites is 1. The van der Waals surface area contributed by atoms with E-state index in [2.05, 4.69) is 10.4 Å². The van der Waals surface area contributed by atoms with Crippen molar-refractivity contribution in [2.24, 2.45) is 0 Å². The Bertz CT molecular complexity index is 1620. The Hall–Kier alpha value is -4.27. The fourth-order valence-electron chi connectivity index (χ4n) is 3.75. The van der Waals surface area contributed by atoms with Crippen LogP contribution in [-0.4, -0.2) is 37.4 Å². The largest absolute Gasteiger partial charge is 0.280 e. The molecule has 1 unspecified atom stereocenters. The minimum absolute atomic E-state index is 0.0140. The molecule has 2 amide bonds. The highest BCUT2D eigenvalue weighted by Crippen LogP contribution is 2.46. The Morgan fingerprint density at radius 1 is 1.03 bits per heavy atom. The van der Waals surface area contributed by atoms with Crippen molar-refractivity contribution in [2.75, 3.05) is 5.75 Å². The van der Waals surface area contributed by atoms with Crippen molar-refractivity contribution < 1.29 is 19.4 Å². The lowest BCUT2D eigenvalue weighted by atomic mass is 10.2. The van der Waals surface area contributed by atoms with E-state index in [0.717, 1.165) is 27.0 Å². The van der Waals surface area contributed by atoms with Crippen LogP contribution in [0, 0.1) is 20.2 Å². The highest BCUT2D eigenvalue weighted by Gasteiger charge is 2.39. The fraction of sp³-hybridized carbons (Fsp3) is 0.0800. The first-order valence-corrected chi connectivity index (χ1v) is 14.0. The summed E-state index contributed by atoms with van der Waals surface area (Å²) in [7, 11) is 0. The van der Waals surface area contributed by atoms with Crippen molar-refractivity contribution in [1.29, 1.82) is 0 Å². The zero-order valence-corrected chi connectivity index (χ0v) is 22.2. The highest BCUT2D eigenvalue weighted by atomic mass is 32.2. The van der Waals surface area contributed by atoms with Gasteiger partial charge in [-0.1, -0.05) is 59.9 Å². The van der Waals surface area contributed by atoms with E-state index >= 15 is 0 Å². The number of rotatable bonds is 8. The van der Waals surface area contributed by atoms with Gasteiger partial charge in [0.25, 0.3) is 17.3 Å². The van der Waals surface area contributed by atoms with E-state index in [4.69, 9.17) is 0 Å². The van der Waals surface area contributed by atoms with Crippen molar-refractivity contribution in [1.82, 2.24) is 15.4 Å². The van der Waals surface area contributed by atoms with Crippen LogP contribution < -0.4 is 5.43 Å². The van der Waals surface area contributed by atoms with Crippen LogP contribution in [0.1, 0.15) is 16.5 Å². The number of nitrogens with one attached hydrogen (secondary N) is 1. The Morgan fingerprint density at radius 2 is 1.74 bits per heavy atom. The number of thioether (sulfide) groups is 2. The standard InChI is InChI=1S/C25H17N5O6S3/c31-22(14-37-25-26-19-9-1-2-10-20(19)39-25)27-28-23(32)21(12-15-5-3-7-17(11-15)29(33)34)38-24(28)16-6-4-8-18(13-16)30(35)36/h1-13,24H,14H2,(H,27,31)/b21-12-. The van der Waals surface area contributed by atoms with Gasteiger partial charge in [-0.15, -0.1) is 11.3 Å². The highest BCUT2D eigenvalue weighted by molar-refractivity contribution is 8.04. The van der Waals surface area contributed by atoms with E-state index in [-0.39, 0.29) is 22.0 Å². The molecule has 3 aromatic carbocycles. The number of nitrogens with zero attached hydrogens (tertiary/aromatic N) is 4. The van der Waals surface area contributed by atoms with Gasteiger partial charge in [0.15, 0.2) is 4.34 Å². The van der Waals surface area contributed by atoms with Gasteiger partial charge in [0.2, 0.25) is 5.91 Å². The molecule has 1 saturated heterocycles. The third kappa shape index (κ3) is 5.92. The normalized spacial score (nSPS) is 16.1. The average molecular weight is 580 g/mol. The lowest BCUT2D eigenvalue weighted by Crippen LogP contribution is -2.45. The van der Waals surface area contributed by atoms with E-state index in [0.29, 0.717) is 15.5 Å². The molecular weight excluding hydrogens is 563 g/mol. The maximum Gasteiger partial charge on any atom is 0.280 e. The number of carbonyl (C=O) groups excluding carboxylic acids is 2. The summed E-state index contributed by atoms with van der Waals surface area (Å²) in [6.45, 7) is 0. The Kier molecular flexibility index (Phi) is 7.58. The van der Waals surface area contributed by atoms with Crippen LogP contribution >= 0.6 is 34.9 Å². The third-order valence-corrected chi connectivity index (χ3v) is 8.93. The van der Waals surface area contributed by atoms with Gasteiger partial charge in [-0.3, -0.25) is 35.2 Å². The van der Waals surface area contributed by atoms with Gasteiger partial charge in [0, 0.05) is 24.3 Å². The molecule has 0 saturated carbocycles. The minimum atomic E-state index is -0.793. The SMILES string of the molecule is O=C(CSc1nc2ccccc2s1)NN1C(=O)/C(=C/c2cccc([N+](=O)[O-])c2)SC1c1cccc([N+](=O)[O-])c1. The first-order chi connectivity index (χ1) is 18.8. The monoisotopic (exact) mass is 579 g/mol. The Balaban J connectivity index is 1.39. The second-order valence-corrected chi connectivity index (χ2v) is 11.5. The number of aromatic nitrogens is 1. The number of thiazole rings is 1. The van der Waals surface area contributed by atoms with Crippen molar-refractivity contribution in [3.05, 3.63) is 109 Å². The van der Waals surface area contributed by atoms with Gasteiger partial charge >= 0.3 is 0 Å². The zero-order valence-electron chi connectivity index (χ0n) is 19.8. The number of amides is 2. The van der Waals surface area contributed by atoms with Gasteiger partial charge < -0.3 is 0 Å². The molecule has 11 nitrogen and oxygen atoms in total. The lowest BCUT2D eigenvalue weighted by molar-refractivity contribution is -0.385. The molecule has 1 aromatic heterocycles. The predicted octanol–water partition coefficient (Wildman–Crippen LogP) is 5.55. The molecule has 14 heteroatoms. The Labute approximate surface area is 233 Å². The fourth-order valence-corrected chi connectivity index (χ4v) is 6.79. The number of hydrogen-bond donors (Lipinski definition) is 1. The number of carbonyl (C=O) groups is 2. The minimum Gasteiger partial charge on any atom is -0.272 e. The molecule has 1 aliphatic heterocycles. The number of fused-ring (bicyclic) bond motifs is 1. The second kappa shape index (κ2) is 11.2. The summed E-state index contributed by atoms with van der Waals surface area (Å²) in [6.07, 6.45) is 1.49. The number of hydrogen-bond acceptors (Lipinski definition) is 10. The zero-order chi connectivity index (χ0) is 27.5. The molecule has 196 valence electrons. The smallest absolute Gasteiger partial charge is 0.272 e. The van der Waals surface area contributed by atoms with Gasteiger partial charge in [-0.05, 0) is 29.3 Å². The number of benzene rings is 3. The van der Waals surface area contributed by atoms with E-state index in [9.17, 15) is 29.8 Å². The summed E-state index contributed by atoms with van der Waals surface area (Å²) < 4.78 is 1.70. The first kappa shape index (κ1) is 26.3. The molecule has 1 aliphatic rings. The molecule has 2 heterocycles. The first-order valence-electron chi connectivity index (χ1n) is 11.3. The number of nitro benzene ring substituents is 2. The molecule has 4 aromatic rings. The van der Waals surface area contributed by atoms with Crippen molar-refractivity contribution in [2.45, 2.75) is 9.71 Å². The maximum absolute atomic E-state index is 13.4. The Morgan fingerprint density at radius 3 is 2.49 bits per heavy atom. The summed E-state index contributed by atoms with van der Waals surface area (Å²) in [4.78, 5) is 52.4. The van der Waals surface area contributed by atoms with Gasteiger partial charge in [0.1, 0.15) is 5.37 Å². The molecule has 0 bridgehead atoms. The van der Waals surface area contributed by atoms with Crippen LogP contribution in [0.4, 0.5) is 11.4 Å². The molecule has 39 heavy (non-hydrogen) atoms. The molecule has 0 aliphatic carbocycles. The van der Waals surface area contributed by atoms with Crippen LogP contribution in [-0.2, 0) is 9.59 Å². The quantitative estimate of drug-likeness (QED) is 0.123. The summed E-state index contributed by atoms with van der Waals surface area (Å²) >= 11 is 3.77. The van der Waals surface area contributed by atoms with Crippen molar-refractivity contribution in [3.63, 3.8) is 0 Å². The van der Waals surface area contributed by atoms with Gasteiger partial charge in [-0.25, -0.2) is 9.99 Å². The number of hydrazine groups is 1. The molecule has 0 radical (unpaired) electrons. The maximum atomic E-state index is 13.4. The van der Waals surface area contributed by atoms with Crippen LogP contribution in [0.3, 0.4) is 0 Å². The predicted molar refractivity (Wildman–Crippen MR) is 150 cm³/mol. The van der Waals surface area contributed by atoms with E-state index in [1.807, 2.05) is 24.3 Å². The van der Waals surface area contributed by atoms with E-state index in [1.54, 1.807) is 12.1 Å². The molecule has 0 spiro atoms. The average Bonchev–Trinajstić information content (AvgIpc) is 3.48. The lowest BCUT2D eigenvalue weighted by Gasteiger charge is -2.23. The van der Waals surface area contributed by atoms with Crippen molar-refractivity contribution >= 4 is 74.3 Å². The van der Waals surface area contributed by atoms with Crippen LogP contribution in [0.5, 0.6) is 0 Å². The molecule has 1 N–H and O–H groups in total. The summed E-state index contributed by atoms with van der Waals surface area (Å²) in [6, 6.07) is 19.2. The number of nitro groups is 2. The topological polar surface area (TPSA) is 149 Å². The van der Waals surface area contributed by atoms with Gasteiger partial charge in [0.05, 0.1) is 30.7 Å².